The Morgan fingerprint density at radius 1 is 1.31 bits per heavy atom. The van der Waals surface area contributed by atoms with Gasteiger partial charge in [-0.25, -0.2) is 0 Å². The third-order valence-corrected chi connectivity index (χ3v) is 2.93. The lowest BCUT2D eigenvalue weighted by molar-refractivity contribution is 0.0637. The van der Waals surface area contributed by atoms with Crippen molar-refractivity contribution in [3.05, 3.63) is 22.1 Å². The molecule has 88 valence electrons. The van der Waals surface area contributed by atoms with Crippen LogP contribution in [0.5, 0.6) is 0 Å². The van der Waals surface area contributed by atoms with Crippen LogP contribution in [0.25, 0.3) is 0 Å². The second-order valence-electron chi connectivity index (χ2n) is 3.90. The molecular weight excluding hydrogens is 208 g/mol. The zero-order valence-corrected chi connectivity index (χ0v) is 9.32. The number of aromatic amines is 2. The quantitative estimate of drug-likeness (QED) is 0.710. The molecular formula is C10H16N4O2. The maximum atomic E-state index is 11.9. The molecule has 1 amide bonds. The molecule has 2 heterocycles. The fourth-order valence-electron chi connectivity index (χ4n) is 1.88. The van der Waals surface area contributed by atoms with Gasteiger partial charge in [-0.1, -0.05) is 6.92 Å². The molecule has 6 heteroatoms. The fraction of sp³-hybridized carbons (Fsp3) is 0.600. The highest BCUT2D eigenvalue weighted by atomic mass is 16.2. The summed E-state index contributed by atoms with van der Waals surface area (Å²) in [5.41, 5.74) is 0.0745. The number of rotatable bonds is 2. The van der Waals surface area contributed by atoms with Gasteiger partial charge in [0.1, 0.15) is 5.69 Å². The Bertz CT molecular complexity index is 414. The Hall–Kier alpha value is -1.56. The Labute approximate surface area is 93.2 Å². The number of aromatic nitrogens is 2. The van der Waals surface area contributed by atoms with Crippen molar-refractivity contribution in [2.75, 3.05) is 32.7 Å². The summed E-state index contributed by atoms with van der Waals surface area (Å²) in [6.07, 6.45) is 0. The zero-order chi connectivity index (χ0) is 11.5. The van der Waals surface area contributed by atoms with Crippen molar-refractivity contribution < 1.29 is 4.79 Å². The number of amides is 1. The molecule has 0 atom stereocenters. The maximum Gasteiger partial charge on any atom is 0.272 e. The highest BCUT2D eigenvalue weighted by Crippen LogP contribution is 2.05. The molecule has 1 saturated heterocycles. The summed E-state index contributed by atoms with van der Waals surface area (Å²) in [6.45, 7) is 6.37. The molecule has 1 aromatic heterocycles. The lowest BCUT2D eigenvalue weighted by Gasteiger charge is -2.33. The highest BCUT2D eigenvalue weighted by Gasteiger charge is 2.22. The molecule has 0 bridgehead atoms. The SMILES string of the molecule is CCN1CCN(C(=O)c2cc(=O)[nH][nH]2)CC1. The first-order chi connectivity index (χ1) is 7.70. The molecule has 1 aliphatic rings. The van der Waals surface area contributed by atoms with Gasteiger partial charge in [0.25, 0.3) is 11.5 Å². The van der Waals surface area contributed by atoms with Crippen molar-refractivity contribution in [1.82, 2.24) is 20.0 Å². The molecule has 6 nitrogen and oxygen atoms in total. The molecule has 0 unspecified atom stereocenters. The number of carbonyl (C=O) groups is 1. The summed E-state index contributed by atoms with van der Waals surface area (Å²) < 4.78 is 0. The molecule has 1 fully saturated rings. The van der Waals surface area contributed by atoms with Crippen LogP contribution in [0.4, 0.5) is 0 Å². The second kappa shape index (κ2) is 4.52. The van der Waals surface area contributed by atoms with Crippen molar-refractivity contribution in [3.8, 4) is 0 Å². The number of likely N-dealkylation sites (N-methyl/N-ethyl adjacent to an activating group) is 1. The molecule has 0 saturated carbocycles. The summed E-state index contributed by atoms with van der Waals surface area (Å²) in [5, 5.41) is 4.96. The molecule has 0 aliphatic carbocycles. The molecule has 1 aromatic rings. The molecule has 16 heavy (non-hydrogen) atoms. The first kappa shape index (κ1) is 10.9. The highest BCUT2D eigenvalue weighted by molar-refractivity contribution is 5.92. The molecule has 0 radical (unpaired) electrons. The van der Waals surface area contributed by atoms with Crippen LogP contribution >= 0.6 is 0 Å². The minimum absolute atomic E-state index is 0.103. The van der Waals surface area contributed by atoms with E-state index in [1.165, 1.54) is 6.07 Å². The topological polar surface area (TPSA) is 72.2 Å². The van der Waals surface area contributed by atoms with E-state index in [0.717, 1.165) is 32.7 Å². The summed E-state index contributed by atoms with van der Waals surface area (Å²) in [4.78, 5) is 26.9. The van der Waals surface area contributed by atoms with Crippen molar-refractivity contribution in [2.45, 2.75) is 6.92 Å². The van der Waals surface area contributed by atoms with E-state index in [1.54, 1.807) is 4.90 Å². The zero-order valence-electron chi connectivity index (χ0n) is 9.32. The summed E-state index contributed by atoms with van der Waals surface area (Å²) in [7, 11) is 0. The lowest BCUT2D eigenvalue weighted by Crippen LogP contribution is -2.48. The van der Waals surface area contributed by atoms with E-state index in [9.17, 15) is 9.59 Å². The Morgan fingerprint density at radius 2 is 2.00 bits per heavy atom. The van der Waals surface area contributed by atoms with E-state index in [4.69, 9.17) is 0 Å². The number of carbonyl (C=O) groups excluding carboxylic acids is 1. The van der Waals surface area contributed by atoms with Gasteiger partial charge < -0.3 is 9.80 Å². The van der Waals surface area contributed by atoms with Crippen LogP contribution in [0.15, 0.2) is 10.9 Å². The van der Waals surface area contributed by atoms with Crippen LogP contribution in [0.2, 0.25) is 0 Å². The van der Waals surface area contributed by atoms with Gasteiger partial charge in [-0.15, -0.1) is 0 Å². The van der Waals surface area contributed by atoms with Gasteiger partial charge in [-0.05, 0) is 6.54 Å². The van der Waals surface area contributed by atoms with Gasteiger partial charge in [0, 0.05) is 32.2 Å². The monoisotopic (exact) mass is 224 g/mol. The average molecular weight is 224 g/mol. The van der Waals surface area contributed by atoms with Crippen LogP contribution in [0.3, 0.4) is 0 Å². The minimum Gasteiger partial charge on any atom is -0.335 e. The number of hydrogen-bond acceptors (Lipinski definition) is 3. The molecule has 0 aromatic carbocycles. The largest absolute Gasteiger partial charge is 0.335 e. The average Bonchev–Trinajstić information content (AvgIpc) is 2.75. The third kappa shape index (κ3) is 2.16. The van der Waals surface area contributed by atoms with E-state index in [2.05, 4.69) is 22.0 Å². The molecule has 0 spiro atoms. The van der Waals surface area contributed by atoms with Crippen LogP contribution < -0.4 is 5.56 Å². The predicted molar refractivity (Wildman–Crippen MR) is 59.4 cm³/mol. The first-order valence-electron chi connectivity index (χ1n) is 5.50. The van der Waals surface area contributed by atoms with Gasteiger partial charge in [0.05, 0.1) is 0 Å². The van der Waals surface area contributed by atoms with Crippen molar-refractivity contribution in [3.63, 3.8) is 0 Å². The summed E-state index contributed by atoms with van der Waals surface area (Å²) >= 11 is 0. The van der Waals surface area contributed by atoms with Crippen LogP contribution in [0.1, 0.15) is 17.4 Å². The third-order valence-electron chi connectivity index (χ3n) is 2.93. The van der Waals surface area contributed by atoms with E-state index in [1.807, 2.05) is 0 Å². The number of H-pyrrole nitrogens is 2. The molecule has 2 N–H and O–H groups in total. The predicted octanol–water partition coefficient (Wildman–Crippen LogP) is -0.519. The minimum atomic E-state index is -0.268. The summed E-state index contributed by atoms with van der Waals surface area (Å²) in [5.74, 6) is -0.103. The number of hydrogen-bond donors (Lipinski definition) is 2. The van der Waals surface area contributed by atoms with Gasteiger partial charge in [0.15, 0.2) is 0 Å². The molecule has 1 aliphatic heterocycles. The van der Waals surface area contributed by atoms with E-state index < -0.39 is 0 Å². The van der Waals surface area contributed by atoms with E-state index >= 15 is 0 Å². The Kier molecular flexibility index (Phi) is 3.09. The van der Waals surface area contributed by atoms with Crippen molar-refractivity contribution in [1.29, 1.82) is 0 Å². The van der Waals surface area contributed by atoms with Gasteiger partial charge >= 0.3 is 0 Å². The van der Waals surface area contributed by atoms with E-state index in [-0.39, 0.29) is 11.5 Å². The smallest absolute Gasteiger partial charge is 0.272 e. The van der Waals surface area contributed by atoms with Gasteiger partial charge in [-0.2, -0.15) is 0 Å². The van der Waals surface area contributed by atoms with Gasteiger partial charge in [0.2, 0.25) is 0 Å². The van der Waals surface area contributed by atoms with Crippen molar-refractivity contribution >= 4 is 5.91 Å². The van der Waals surface area contributed by atoms with Crippen LogP contribution in [-0.2, 0) is 0 Å². The number of nitrogens with zero attached hydrogens (tertiary/aromatic N) is 2. The fourth-order valence-corrected chi connectivity index (χ4v) is 1.88. The second-order valence-corrected chi connectivity index (χ2v) is 3.90. The standard InChI is InChI=1S/C10H16N4O2/c1-2-13-3-5-14(6-4-13)10(16)8-7-9(15)12-11-8/h7H,2-6H2,1H3,(H2,11,12,15). The van der Waals surface area contributed by atoms with Crippen LogP contribution in [0, 0.1) is 0 Å². The number of piperazine rings is 1. The Balaban J connectivity index is 1.99. The number of nitrogens with one attached hydrogen (secondary N) is 2. The first-order valence-corrected chi connectivity index (χ1v) is 5.50. The van der Waals surface area contributed by atoms with E-state index in [0.29, 0.717) is 5.69 Å². The van der Waals surface area contributed by atoms with Crippen LogP contribution in [-0.4, -0.2) is 58.6 Å². The maximum absolute atomic E-state index is 11.9. The van der Waals surface area contributed by atoms with Crippen molar-refractivity contribution in [2.24, 2.45) is 0 Å². The summed E-state index contributed by atoms with van der Waals surface area (Å²) in [6, 6.07) is 1.30. The molecule has 2 rings (SSSR count). The lowest BCUT2D eigenvalue weighted by atomic mass is 10.3. The van der Waals surface area contributed by atoms with Gasteiger partial charge in [-0.3, -0.25) is 19.8 Å². The normalized spacial score (nSPS) is 17.7. The Morgan fingerprint density at radius 3 is 2.50 bits per heavy atom.